The lowest BCUT2D eigenvalue weighted by atomic mass is 9.84. The molecule has 1 atom stereocenters. The van der Waals surface area contributed by atoms with Gasteiger partial charge in [-0.1, -0.05) is 39.8 Å². The highest BCUT2D eigenvalue weighted by atomic mass is 16.3. The second-order valence-corrected chi connectivity index (χ2v) is 8.55. The molecule has 1 amide bonds. The molecule has 1 aliphatic heterocycles. The van der Waals surface area contributed by atoms with E-state index < -0.39 is 17.7 Å². The number of benzene rings is 1. The van der Waals surface area contributed by atoms with Crippen molar-refractivity contribution in [1.82, 2.24) is 9.88 Å². The van der Waals surface area contributed by atoms with Crippen molar-refractivity contribution in [1.29, 1.82) is 0 Å². The number of nitrogens with zero attached hydrogens (tertiary/aromatic N) is 2. The summed E-state index contributed by atoms with van der Waals surface area (Å²) in [5.41, 5.74) is 3.29. The number of amides is 1. The zero-order chi connectivity index (χ0) is 21.3. The topological polar surface area (TPSA) is 70.5 Å². The van der Waals surface area contributed by atoms with Gasteiger partial charge in [-0.2, -0.15) is 0 Å². The summed E-state index contributed by atoms with van der Waals surface area (Å²) < 4.78 is 0. The molecule has 2 aromatic rings. The molecule has 152 valence electrons. The highest BCUT2D eigenvalue weighted by molar-refractivity contribution is 6.46. The minimum absolute atomic E-state index is 0.109. The fourth-order valence-corrected chi connectivity index (χ4v) is 3.73. The van der Waals surface area contributed by atoms with Gasteiger partial charge in [-0.25, -0.2) is 0 Å². The number of aryl methyl sites for hydroxylation is 1. The Morgan fingerprint density at radius 2 is 1.79 bits per heavy atom. The summed E-state index contributed by atoms with van der Waals surface area (Å²) >= 11 is 0. The Kier molecular flexibility index (Phi) is 5.60. The first-order chi connectivity index (χ1) is 13.7. The number of Topliss-reactive ketones (excluding diaryl/α,β-unsaturated/α-hetero) is 1. The summed E-state index contributed by atoms with van der Waals surface area (Å²) in [5.74, 6) is -1.33. The predicted molar refractivity (Wildman–Crippen MR) is 113 cm³/mol. The van der Waals surface area contributed by atoms with E-state index in [1.807, 2.05) is 32.0 Å². The highest BCUT2D eigenvalue weighted by Crippen LogP contribution is 2.40. The third kappa shape index (κ3) is 3.82. The molecular formula is C24H28N2O3. The number of aliphatic hydroxyl groups is 1. The zero-order valence-electron chi connectivity index (χ0n) is 17.7. The summed E-state index contributed by atoms with van der Waals surface area (Å²) in [4.78, 5) is 31.3. The lowest BCUT2D eigenvalue weighted by Crippen LogP contribution is -2.30. The molecule has 1 N–H and O–H groups in total. The average molecular weight is 392 g/mol. The lowest BCUT2D eigenvalue weighted by molar-refractivity contribution is -0.139. The highest BCUT2D eigenvalue weighted by Gasteiger charge is 2.45. The van der Waals surface area contributed by atoms with E-state index in [1.165, 1.54) is 0 Å². The summed E-state index contributed by atoms with van der Waals surface area (Å²) in [5, 5.41) is 11.3. The van der Waals surface area contributed by atoms with Gasteiger partial charge in [0.1, 0.15) is 5.76 Å². The normalized spacial score (nSPS) is 19.1. The van der Waals surface area contributed by atoms with Crippen LogP contribution in [0.5, 0.6) is 0 Å². The summed E-state index contributed by atoms with van der Waals surface area (Å²) in [6.07, 6.45) is 3.98. The van der Waals surface area contributed by atoms with Crippen molar-refractivity contribution in [3.05, 3.63) is 70.6 Å². The van der Waals surface area contributed by atoms with E-state index in [0.717, 1.165) is 16.7 Å². The van der Waals surface area contributed by atoms with Crippen LogP contribution in [0.3, 0.4) is 0 Å². The van der Waals surface area contributed by atoms with E-state index in [1.54, 1.807) is 29.4 Å². The summed E-state index contributed by atoms with van der Waals surface area (Å²) in [7, 11) is 0. The minimum Gasteiger partial charge on any atom is -0.507 e. The zero-order valence-corrected chi connectivity index (χ0v) is 17.7. The molecule has 29 heavy (non-hydrogen) atoms. The van der Waals surface area contributed by atoms with Crippen LogP contribution in [0.2, 0.25) is 0 Å². The molecule has 1 aromatic heterocycles. The van der Waals surface area contributed by atoms with E-state index in [0.29, 0.717) is 18.5 Å². The average Bonchev–Trinajstić information content (AvgIpc) is 2.93. The Hall–Kier alpha value is -2.95. The molecule has 1 aliphatic rings. The van der Waals surface area contributed by atoms with Crippen LogP contribution in [0, 0.1) is 6.92 Å². The second-order valence-electron chi connectivity index (χ2n) is 8.55. The molecular weight excluding hydrogens is 364 g/mol. The molecule has 5 heteroatoms. The van der Waals surface area contributed by atoms with Crippen molar-refractivity contribution in [2.75, 3.05) is 6.54 Å². The number of carbonyl (C=O) groups excluding carboxylic acids is 2. The van der Waals surface area contributed by atoms with E-state index in [4.69, 9.17) is 0 Å². The number of hydrogen-bond acceptors (Lipinski definition) is 4. The summed E-state index contributed by atoms with van der Waals surface area (Å²) in [6, 6.07) is 8.84. The number of hydrogen-bond donors (Lipinski definition) is 1. The number of aromatic nitrogens is 1. The number of ketones is 1. The minimum atomic E-state index is -0.640. The van der Waals surface area contributed by atoms with E-state index >= 15 is 0 Å². The van der Waals surface area contributed by atoms with Crippen LogP contribution >= 0.6 is 0 Å². The van der Waals surface area contributed by atoms with Gasteiger partial charge in [0.05, 0.1) is 11.6 Å². The van der Waals surface area contributed by atoms with Crippen LogP contribution in [0.4, 0.5) is 0 Å². The lowest BCUT2D eigenvalue weighted by Gasteiger charge is -2.25. The van der Waals surface area contributed by atoms with Crippen LogP contribution in [-0.2, 0) is 15.0 Å². The number of rotatable bonds is 4. The Morgan fingerprint density at radius 3 is 2.38 bits per heavy atom. The molecule has 1 saturated heterocycles. The smallest absolute Gasteiger partial charge is 0.295 e. The van der Waals surface area contributed by atoms with E-state index in [-0.39, 0.29) is 16.7 Å². The van der Waals surface area contributed by atoms with Crippen LogP contribution in [0.25, 0.3) is 5.76 Å². The number of aliphatic hydroxyl groups excluding tert-OH is 1. The molecule has 1 unspecified atom stereocenters. The van der Waals surface area contributed by atoms with Gasteiger partial charge in [-0.05, 0) is 53.6 Å². The van der Waals surface area contributed by atoms with Crippen molar-refractivity contribution in [2.45, 2.75) is 52.5 Å². The van der Waals surface area contributed by atoms with Crippen molar-refractivity contribution in [3.63, 3.8) is 0 Å². The second kappa shape index (κ2) is 7.82. The maximum absolute atomic E-state index is 13.0. The molecule has 1 aromatic carbocycles. The predicted octanol–water partition coefficient (Wildman–Crippen LogP) is 4.52. The van der Waals surface area contributed by atoms with Gasteiger partial charge >= 0.3 is 0 Å². The van der Waals surface area contributed by atoms with Crippen LogP contribution in [0.1, 0.15) is 62.4 Å². The standard InChI is InChI=1S/C24H28N2O3/c1-6-13-26-20(16-9-11-25-12-10-16)19(22(28)23(26)29)21(27)18-14-17(24(3,4)5)8-7-15(18)2/h7-12,14,20,27H,6,13H2,1-5H3/b21-19+. The Morgan fingerprint density at radius 1 is 1.14 bits per heavy atom. The first-order valence-electron chi connectivity index (χ1n) is 9.96. The number of pyridine rings is 1. The molecule has 1 fully saturated rings. The molecule has 3 rings (SSSR count). The fourth-order valence-electron chi connectivity index (χ4n) is 3.73. The van der Waals surface area contributed by atoms with Crippen LogP contribution in [0.15, 0.2) is 48.3 Å². The molecule has 0 spiro atoms. The van der Waals surface area contributed by atoms with Gasteiger partial charge in [0, 0.05) is 24.5 Å². The Bertz CT molecular complexity index is 971. The third-order valence-electron chi connectivity index (χ3n) is 5.39. The van der Waals surface area contributed by atoms with Gasteiger partial charge < -0.3 is 10.0 Å². The first-order valence-corrected chi connectivity index (χ1v) is 9.96. The van der Waals surface area contributed by atoms with Gasteiger partial charge in [0.25, 0.3) is 11.7 Å². The van der Waals surface area contributed by atoms with E-state index in [2.05, 4.69) is 25.8 Å². The SMILES string of the molecule is CCCN1C(=O)C(=O)/C(=C(/O)c2cc(C(C)(C)C)ccc2C)C1c1ccncc1. The molecule has 0 bridgehead atoms. The van der Waals surface area contributed by atoms with Crippen molar-refractivity contribution < 1.29 is 14.7 Å². The van der Waals surface area contributed by atoms with Crippen molar-refractivity contribution in [2.24, 2.45) is 0 Å². The fraction of sp³-hybridized carbons (Fsp3) is 0.375. The van der Waals surface area contributed by atoms with E-state index in [9.17, 15) is 14.7 Å². The molecule has 5 nitrogen and oxygen atoms in total. The first kappa shape index (κ1) is 20.8. The van der Waals surface area contributed by atoms with Crippen LogP contribution in [-0.4, -0.2) is 33.2 Å². The molecule has 0 aliphatic carbocycles. The Balaban J connectivity index is 2.24. The van der Waals surface area contributed by atoms with Gasteiger partial charge in [0.2, 0.25) is 0 Å². The maximum atomic E-state index is 13.0. The quantitative estimate of drug-likeness (QED) is 0.472. The number of carbonyl (C=O) groups is 2. The van der Waals surface area contributed by atoms with Crippen LogP contribution < -0.4 is 0 Å². The van der Waals surface area contributed by atoms with Crippen molar-refractivity contribution in [3.8, 4) is 0 Å². The van der Waals surface area contributed by atoms with Gasteiger partial charge in [-0.15, -0.1) is 0 Å². The maximum Gasteiger partial charge on any atom is 0.295 e. The molecule has 0 radical (unpaired) electrons. The van der Waals surface area contributed by atoms with Gasteiger partial charge in [0.15, 0.2) is 0 Å². The third-order valence-corrected chi connectivity index (χ3v) is 5.39. The molecule has 2 heterocycles. The monoisotopic (exact) mass is 392 g/mol. The number of likely N-dealkylation sites (tertiary alicyclic amines) is 1. The molecule has 0 saturated carbocycles. The Labute approximate surface area is 172 Å². The summed E-state index contributed by atoms with van der Waals surface area (Å²) in [6.45, 7) is 10.6. The van der Waals surface area contributed by atoms with Crippen molar-refractivity contribution >= 4 is 17.4 Å². The van der Waals surface area contributed by atoms with Gasteiger partial charge in [-0.3, -0.25) is 14.6 Å². The largest absolute Gasteiger partial charge is 0.507 e.